The van der Waals surface area contributed by atoms with Gasteiger partial charge in [0, 0.05) is 37.0 Å². The lowest BCUT2D eigenvalue weighted by molar-refractivity contribution is -0.135. The Morgan fingerprint density at radius 1 is 1.25 bits per heavy atom. The van der Waals surface area contributed by atoms with Crippen LogP contribution in [0, 0.1) is 5.92 Å². The summed E-state index contributed by atoms with van der Waals surface area (Å²) in [6, 6.07) is 8.86. The summed E-state index contributed by atoms with van der Waals surface area (Å²) in [5.41, 5.74) is 1.42. The lowest BCUT2D eigenvalue weighted by atomic mass is 9.79. The smallest absolute Gasteiger partial charge is 0.225 e. The van der Waals surface area contributed by atoms with Crippen LogP contribution in [-0.2, 0) is 10.2 Å². The summed E-state index contributed by atoms with van der Waals surface area (Å²) in [5.74, 6) is 2.15. The highest BCUT2D eigenvalue weighted by Gasteiger charge is 2.36. The number of halogens is 1. The molecule has 0 unspecified atom stereocenters. The second-order valence-electron chi connectivity index (χ2n) is 9.31. The molecule has 180 valence electrons. The van der Waals surface area contributed by atoms with Gasteiger partial charge in [-0.15, -0.1) is 24.0 Å². The van der Waals surface area contributed by atoms with Gasteiger partial charge in [-0.3, -0.25) is 9.79 Å². The molecule has 0 radical (unpaired) electrons. The molecule has 1 heterocycles. The number of carbonyl (C=O) groups excluding carboxylic acids is 1. The fourth-order valence-electron chi connectivity index (χ4n) is 4.90. The van der Waals surface area contributed by atoms with Crippen molar-refractivity contribution >= 4 is 35.8 Å². The first-order valence-electron chi connectivity index (χ1n) is 12.0. The van der Waals surface area contributed by atoms with Gasteiger partial charge in [-0.1, -0.05) is 38.8 Å². The van der Waals surface area contributed by atoms with Gasteiger partial charge in [0.15, 0.2) is 5.96 Å². The van der Waals surface area contributed by atoms with Gasteiger partial charge in [-0.25, -0.2) is 0 Å². The number of carbonyl (C=O) groups is 1. The van der Waals surface area contributed by atoms with E-state index in [4.69, 9.17) is 9.73 Å². The number of benzene rings is 1. The lowest BCUT2D eigenvalue weighted by Gasteiger charge is -2.34. The Hall–Kier alpha value is -1.51. The zero-order valence-electron chi connectivity index (χ0n) is 20.2. The summed E-state index contributed by atoms with van der Waals surface area (Å²) in [7, 11) is 1.73. The monoisotopic (exact) mass is 556 g/mol. The molecule has 32 heavy (non-hydrogen) atoms. The number of nitrogens with one attached hydrogen (secondary N) is 2. The summed E-state index contributed by atoms with van der Waals surface area (Å²) >= 11 is 0. The van der Waals surface area contributed by atoms with Crippen LogP contribution in [0.15, 0.2) is 29.3 Å². The van der Waals surface area contributed by atoms with Crippen molar-refractivity contribution in [1.29, 1.82) is 0 Å². The van der Waals surface area contributed by atoms with Crippen molar-refractivity contribution in [2.24, 2.45) is 10.9 Å². The van der Waals surface area contributed by atoms with Crippen LogP contribution in [0.4, 0.5) is 0 Å². The summed E-state index contributed by atoms with van der Waals surface area (Å²) in [4.78, 5) is 19.3. The Bertz CT molecular complexity index is 754. The maximum absolute atomic E-state index is 12.3. The van der Waals surface area contributed by atoms with Crippen molar-refractivity contribution in [2.45, 2.75) is 70.8 Å². The summed E-state index contributed by atoms with van der Waals surface area (Å²) in [6.07, 6.45) is 6.75. The van der Waals surface area contributed by atoms with Crippen LogP contribution in [0.25, 0.3) is 0 Å². The average molecular weight is 557 g/mol. The van der Waals surface area contributed by atoms with E-state index in [0.717, 1.165) is 50.7 Å². The number of guanidine groups is 1. The summed E-state index contributed by atoms with van der Waals surface area (Å²) in [5, 5.41) is 7.07. The molecule has 1 saturated carbocycles. The Balaban J connectivity index is 0.00000363. The van der Waals surface area contributed by atoms with Crippen LogP contribution < -0.4 is 15.4 Å². The number of piperidine rings is 1. The molecule has 0 spiro atoms. The number of likely N-dealkylation sites (tertiary alicyclic amines) is 1. The van der Waals surface area contributed by atoms with Gasteiger partial charge in [-0.2, -0.15) is 0 Å². The van der Waals surface area contributed by atoms with Crippen molar-refractivity contribution < 1.29 is 9.53 Å². The van der Waals surface area contributed by atoms with Gasteiger partial charge >= 0.3 is 0 Å². The largest absolute Gasteiger partial charge is 0.497 e. The highest BCUT2D eigenvalue weighted by atomic mass is 127. The van der Waals surface area contributed by atoms with Crippen molar-refractivity contribution in [3.63, 3.8) is 0 Å². The van der Waals surface area contributed by atoms with Gasteiger partial charge < -0.3 is 20.3 Å². The molecule has 0 atom stereocenters. The third-order valence-electron chi connectivity index (χ3n) is 6.77. The number of hydrogen-bond acceptors (Lipinski definition) is 3. The van der Waals surface area contributed by atoms with E-state index in [9.17, 15) is 4.79 Å². The summed E-state index contributed by atoms with van der Waals surface area (Å²) < 4.78 is 5.48. The van der Waals surface area contributed by atoms with E-state index in [1.54, 1.807) is 7.11 Å². The number of rotatable bonds is 7. The number of nitrogens with zero attached hydrogens (tertiary/aromatic N) is 2. The predicted octanol–water partition coefficient (Wildman–Crippen LogP) is 4.33. The molecule has 6 nitrogen and oxygen atoms in total. The standard InChI is InChI=1S/C25H40N4O2.HI/c1-5-26-24(28-21-11-15-29(16-12-21)23(30)19(2)3)27-18-25(13-6-7-14-25)20-9-8-10-22(17-20)31-4;/h8-10,17,19,21H,5-7,11-16,18H2,1-4H3,(H2,26,27,28);1H. The van der Waals surface area contributed by atoms with Gasteiger partial charge in [0.2, 0.25) is 5.91 Å². The quantitative estimate of drug-likeness (QED) is 0.298. The molecule has 1 aromatic carbocycles. The fraction of sp³-hybridized carbons (Fsp3) is 0.680. The minimum atomic E-state index is 0. The topological polar surface area (TPSA) is 66.0 Å². The number of hydrogen-bond donors (Lipinski definition) is 2. The predicted molar refractivity (Wildman–Crippen MR) is 142 cm³/mol. The number of methoxy groups -OCH3 is 1. The molecule has 1 aromatic rings. The van der Waals surface area contributed by atoms with E-state index in [1.165, 1.54) is 31.2 Å². The van der Waals surface area contributed by atoms with Crippen LogP contribution in [0.2, 0.25) is 0 Å². The molecule has 1 amide bonds. The van der Waals surface area contributed by atoms with E-state index in [2.05, 4.69) is 35.8 Å². The van der Waals surface area contributed by atoms with E-state index >= 15 is 0 Å². The molecule has 3 rings (SSSR count). The zero-order valence-corrected chi connectivity index (χ0v) is 22.5. The first-order valence-corrected chi connectivity index (χ1v) is 12.0. The van der Waals surface area contributed by atoms with E-state index in [1.807, 2.05) is 24.8 Å². The minimum Gasteiger partial charge on any atom is -0.497 e. The van der Waals surface area contributed by atoms with Crippen molar-refractivity contribution in [3.05, 3.63) is 29.8 Å². The minimum absolute atomic E-state index is 0. The van der Waals surface area contributed by atoms with Crippen LogP contribution in [0.1, 0.15) is 64.9 Å². The maximum Gasteiger partial charge on any atom is 0.225 e. The number of aliphatic imine (C=N–C) groups is 1. The van der Waals surface area contributed by atoms with Crippen molar-refractivity contribution in [1.82, 2.24) is 15.5 Å². The number of ether oxygens (including phenoxy) is 1. The van der Waals surface area contributed by atoms with Crippen LogP contribution in [0.3, 0.4) is 0 Å². The molecule has 2 N–H and O–H groups in total. The first kappa shape index (κ1) is 26.7. The fourth-order valence-corrected chi connectivity index (χ4v) is 4.90. The average Bonchev–Trinajstić information content (AvgIpc) is 3.28. The van der Waals surface area contributed by atoms with Gasteiger partial charge in [0.25, 0.3) is 0 Å². The maximum atomic E-state index is 12.3. The molecular weight excluding hydrogens is 515 g/mol. The Kier molecular flexibility index (Phi) is 10.6. The molecule has 1 aliphatic heterocycles. The summed E-state index contributed by atoms with van der Waals surface area (Å²) in [6.45, 7) is 9.31. The second-order valence-corrected chi connectivity index (χ2v) is 9.31. The molecule has 0 bridgehead atoms. The Labute approximate surface area is 211 Å². The molecular formula is C25H41IN4O2. The van der Waals surface area contributed by atoms with E-state index < -0.39 is 0 Å². The lowest BCUT2D eigenvalue weighted by Crippen LogP contribution is -2.50. The third kappa shape index (κ3) is 6.75. The van der Waals surface area contributed by atoms with Gasteiger partial charge in [0.05, 0.1) is 13.7 Å². The van der Waals surface area contributed by atoms with Crippen molar-refractivity contribution in [3.8, 4) is 5.75 Å². The third-order valence-corrected chi connectivity index (χ3v) is 6.77. The van der Waals surface area contributed by atoms with E-state index in [0.29, 0.717) is 6.04 Å². The van der Waals surface area contributed by atoms with Crippen LogP contribution >= 0.6 is 24.0 Å². The van der Waals surface area contributed by atoms with Gasteiger partial charge in [0.1, 0.15) is 5.75 Å². The second kappa shape index (κ2) is 12.7. The molecule has 1 saturated heterocycles. The highest BCUT2D eigenvalue weighted by molar-refractivity contribution is 14.0. The van der Waals surface area contributed by atoms with Crippen molar-refractivity contribution in [2.75, 3.05) is 33.3 Å². The Morgan fingerprint density at radius 3 is 2.53 bits per heavy atom. The normalized spacial score (nSPS) is 18.9. The van der Waals surface area contributed by atoms with Crippen LogP contribution in [0.5, 0.6) is 5.75 Å². The molecule has 7 heteroatoms. The highest BCUT2D eigenvalue weighted by Crippen LogP contribution is 2.42. The van der Waals surface area contributed by atoms with Gasteiger partial charge in [-0.05, 0) is 50.3 Å². The Morgan fingerprint density at radius 2 is 1.94 bits per heavy atom. The molecule has 1 aliphatic carbocycles. The van der Waals surface area contributed by atoms with E-state index in [-0.39, 0.29) is 41.2 Å². The zero-order chi connectivity index (χ0) is 22.3. The van der Waals surface area contributed by atoms with Crippen LogP contribution in [-0.4, -0.2) is 56.1 Å². The SMILES string of the molecule is CCNC(=NCC1(c2cccc(OC)c2)CCCC1)NC1CCN(C(=O)C(C)C)CC1.I. The molecule has 0 aromatic heterocycles. The molecule has 2 fully saturated rings. The molecule has 2 aliphatic rings. The number of amides is 1. The first-order chi connectivity index (χ1) is 15.0.